The van der Waals surface area contributed by atoms with E-state index >= 15 is 0 Å². The van der Waals surface area contributed by atoms with Crippen molar-refractivity contribution in [3.8, 4) is 0 Å². The molecule has 1 aliphatic rings. The van der Waals surface area contributed by atoms with E-state index in [1.165, 1.54) is 0 Å². The van der Waals surface area contributed by atoms with Crippen molar-refractivity contribution in [2.75, 3.05) is 6.61 Å². The minimum absolute atomic E-state index is 0.282. The smallest absolute Gasteiger partial charge is 0.335 e. The molecule has 5 heteroatoms. The average molecular weight is 263 g/mol. The highest BCUT2D eigenvalue weighted by molar-refractivity contribution is 7.18. The molecule has 1 aromatic heterocycles. The summed E-state index contributed by atoms with van der Waals surface area (Å²) in [4.78, 5) is 15.4. The van der Waals surface area contributed by atoms with Crippen molar-refractivity contribution < 1.29 is 14.6 Å². The van der Waals surface area contributed by atoms with Crippen molar-refractivity contribution in [2.24, 2.45) is 0 Å². The molecule has 0 radical (unpaired) electrons. The number of nitrogens with zero attached hydrogens (tertiary/aromatic N) is 1. The van der Waals surface area contributed by atoms with Crippen molar-refractivity contribution in [1.29, 1.82) is 0 Å². The number of rotatable bonds is 3. The number of carbonyl (C=O) groups is 1. The number of aromatic nitrogens is 1. The lowest BCUT2D eigenvalue weighted by molar-refractivity contribution is 0.0697. The van der Waals surface area contributed by atoms with Crippen LogP contribution in [0.4, 0.5) is 0 Å². The molecule has 1 N–H and O–H groups in total. The van der Waals surface area contributed by atoms with E-state index < -0.39 is 5.97 Å². The van der Waals surface area contributed by atoms with Crippen LogP contribution in [0.2, 0.25) is 0 Å². The van der Waals surface area contributed by atoms with Crippen LogP contribution in [-0.4, -0.2) is 28.8 Å². The Hall–Kier alpha value is -1.46. The number of carboxylic acids is 1. The van der Waals surface area contributed by atoms with Crippen molar-refractivity contribution in [3.05, 3.63) is 28.8 Å². The molecule has 1 aromatic carbocycles. The van der Waals surface area contributed by atoms with Crippen LogP contribution >= 0.6 is 11.3 Å². The van der Waals surface area contributed by atoms with Crippen LogP contribution in [0.5, 0.6) is 0 Å². The molecule has 1 saturated heterocycles. The third-order valence-electron chi connectivity index (χ3n) is 3.11. The van der Waals surface area contributed by atoms with E-state index in [1.54, 1.807) is 29.5 Å². The van der Waals surface area contributed by atoms with Crippen LogP contribution in [0.3, 0.4) is 0 Å². The summed E-state index contributed by atoms with van der Waals surface area (Å²) in [5.41, 5.74) is 1.19. The molecule has 4 nitrogen and oxygen atoms in total. The number of benzene rings is 1. The van der Waals surface area contributed by atoms with Gasteiger partial charge in [0.15, 0.2) is 0 Å². The molecular formula is C13H13NO3S. The second-order valence-corrected chi connectivity index (χ2v) is 5.55. The number of carboxylic acid groups (broad SMARTS) is 1. The average Bonchev–Trinajstić information content (AvgIpc) is 2.96. The SMILES string of the molecule is O=C(O)c1ccc2nc(CC3CCCO3)sc2c1. The van der Waals surface area contributed by atoms with Gasteiger partial charge in [0.2, 0.25) is 0 Å². The largest absolute Gasteiger partial charge is 0.478 e. The van der Waals surface area contributed by atoms with Crippen molar-refractivity contribution in [3.63, 3.8) is 0 Å². The maximum atomic E-state index is 10.9. The third kappa shape index (κ3) is 2.23. The lowest BCUT2D eigenvalue weighted by Crippen LogP contribution is -2.08. The van der Waals surface area contributed by atoms with Crippen molar-refractivity contribution in [1.82, 2.24) is 4.98 Å². The summed E-state index contributed by atoms with van der Waals surface area (Å²) in [7, 11) is 0. The van der Waals surface area contributed by atoms with Gasteiger partial charge in [-0.25, -0.2) is 9.78 Å². The summed E-state index contributed by atoms with van der Waals surface area (Å²) >= 11 is 1.56. The van der Waals surface area contributed by atoms with Crippen LogP contribution in [0.1, 0.15) is 28.2 Å². The summed E-state index contributed by atoms with van der Waals surface area (Å²) in [6.07, 6.45) is 3.33. The number of ether oxygens (including phenoxy) is 1. The van der Waals surface area contributed by atoms with Gasteiger partial charge in [0.05, 0.1) is 26.9 Å². The molecule has 1 atom stereocenters. The van der Waals surface area contributed by atoms with Crippen LogP contribution < -0.4 is 0 Å². The monoisotopic (exact) mass is 263 g/mol. The van der Waals surface area contributed by atoms with Crippen LogP contribution in [0.15, 0.2) is 18.2 Å². The van der Waals surface area contributed by atoms with E-state index in [4.69, 9.17) is 9.84 Å². The molecule has 2 aromatic rings. The zero-order valence-corrected chi connectivity index (χ0v) is 10.6. The van der Waals surface area contributed by atoms with Crippen molar-refractivity contribution in [2.45, 2.75) is 25.4 Å². The molecule has 94 valence electrons. The van der Waals surface area contributed by atoms with E-state index in [0.717, 1.165) is 41.1 Å². The first kappa shape index (κ1) is 11.6. The summed E-state index contributed by atoms with van der Waals surface area (Å²) in [6, 6.07) is 5.06. The molecule has 1 fully saturated rings. The fourth-order valence-electron chi connectivity index (χ4n) is 2.19. The van der Waals surface area contributed by atoms with Gasteiger partial charge < -0.3 is 9.84 Å². The lowest BCUT2D eigenvalue weighted by Gasteiger charge is -2.04. The van der Waals surface area contributed by atoms with E-state index in [2.05, 4.69) is 4.98 Å². The molecule has 0 amide bonds. The lowest BCUT2D eigenvalue weighted by atomic mass is 10.2. The Labute approximate surface area is 108 Å². The highest BCUT2D eigenvalue weighted by Crippen LogP contribution is 2.26. The standard InChI is InChI=1S/C13H13NO3S/c15-13(16)8-3-4-10-11(6-8)18-12(14-10)7-9-2-1-5-17-9/h3-4,6,9H,1-2,5,7H2,(H,15,16). The molecule has 0 aliphatic carbocycles. The molecular weight excluding hydrogens is 250 g/mol. The molecule has 2 heterocycles. The first-order valence-corrected chi connectivity index (χ1v) is 6.78. The van der Waals surface area contributed by atoms with E-state index in [-0.39, 0.29) is 6.10 Å². The van der Waals surface area contributed by atoms with Gasteiger partial charge in [-0.1, -0.05) is 0 Å². The summed E-state index contributed by atoms with van der Waals surface area (Å²) < 4.78 is 6.52. The first-order valence-electron chi connectivity index (χ1n) is 5.97. The third-order valence-corrected chi connectivity index (χ3v) is 4.15. The van der Waals surface area contributed by atoms with Crippen molar-refractivity contribution >= 4 is 27.5 Å². The maximum absolute atomic E-state index is 10.9. The Morgan fingerprint density at radius 2 is 2.44 bits per heavy atom. The Bertz CT molecular complexity index is 587. The Morgan fingerprint density at radius 1 is 1.56 bits per heavy atom. The zero-order valence-electron chi connectivity index (χ0n) is 9.76. The van der Waals surface area contributed by atoms with Gasteiger partial charge in [-0.05, 0) is 31.0 Å². The van der Waals surface area contributed by atoms with Gasteiger partial charge in [0.25, 0.3) is 0 Å². The van der Waals surface area contributed by atoms with Gasteiger partial charge in [-0.3, -0.25) is 0 Å². The fraction of sp³-hybridized carbons (Fsp3) is 0.385. The van der Waals surface area contributed by atoms with Gasteiger partial charge in [-0.2, -0.15) is 0 Å². The molecule has 3 rings (SSSR count). The second-order valence-electron chi connectivity index (χ2n) is 4.43. The van der Waals surface area contributed by atoms with Gasteiger partial charge in [0.1, 0.15) is 0 Å². The maximum Gasteiger partial charge on any atom is 0.335 e. The normalized spacial score (nSPS) is 19.4. The quantitative estimate of drug-likeness (QED) is 0.925. The van der Waals surface area contributed by atoms with Gasteiger partial charge in [-0.15, -0.1) is 11.3 Å². The number of thiazole rings is 1. The minimum atomic E-state index is -0.897. The van der Waals surface area contributed by atoms with E-state index in [9.17, 15) is 4.79 Å². The summed E-state index contributed by atoms with van der Waals surface area (Å²) in [6.45, 7) is 0.846. The molecule has 0 bridgehead atoms. The van der Waals surface area contributed by atoms with E-state index in [1.807, 2.05) is 0 Å². The Balaban J connectivity index is 1.87. The summed E-state index contributed by atoms with van der Waals surface area (Å²) in [5, 5.41) is 9.97. The van der Waals surface area contributed by atoms with Crippen LogP contribution in [-0.2, 0) is 11.2 Å². The molecule has 0 spiro atoms. The highest BCUT2D eigenvalue weighted by atomic mass is 32.1. The predicted molar refractivity (Wildman–Crippen MR) is 69.3 cm³/mol. The number of fused-ring (bicyclic) bond motifs is 1. The minimum Gasteiger partial charge on any atom is -0.478 e. The number of hydrogen-bond acceptors (Lipinski definition) is 4. The fourth-order valence-corrected chi connectivity index (χ4v) is 3.26. The van der Waals surface area contributed by atoms with Crippen LogP contribution in [0.25, 0.3) is 10.2 Å². The number of hydrogen-bond donors (Lipinski definition) is 1. The topological polar surface area (TPSA) is 59.4 Å². The zero-order chi connectivity index (χ0) is 12.5. The van der Waals surface area contributed by atoms with Gasteiger partial charge >= 0.3 is 5.97 Å². The van der Waals surface area contributed by atoms with Gasteiger partial charge in [0, 0.05) is 13.0 Å². The molecule has 1 unspecified atom stereocenters. The summed E-state index contributed by atoms with van der Waals surface area (Å²) in [5.74, 6) is -0.897. The number of aromatic carboxylic acids is 1. The second kappa shape index (κ2) is 4.66. The Morgan fingerprint density at radius 3 is 3.17 bits per heavy atom. The highest BCUT2D eigenvalue weighted by Gasteiger charge is 2.18. The molecule has 0 saturated carbocycles. The first-order chi connectivity index (χ1) is 8.72. The Kier molecular flexibility index (Phi) is 3.01. The van der Waals surface area contributed by atoms with Crippen LogP contribution in [0, 0.1) is 0 Å². The van der Waals surface area contributed by atoms with E-state index in [0.29, 0.717) is 5.56 Å². The predicted octanol–water partition coefficient (Wildman–Crippen LogP) is 2.72. The molecule has 18 heavy (non-hydrogen) atoms. The molecule has 1 aliphatic heterocycles.